The van der Waals surface area contributed by atoms with Crippen LogP contribution in [0.2, 0.25) is 5.02 Å². The minimum atomic E-state index is -3.47. The predicted molar refractivity (Wildman–Crippen MR) is 158 cm³/mol. The molecule has 2 aromatic rings. The number of fused-ring (bicyclic) bond motifs is 1. The number of nitrogens with zero attached hydrogens (tertiary/aromatic N) is 2. The predicted octanol–water partition coefficient (Wildman–Crippen LogP) is 6.81. The number of aromatic nitrogens is 1. The Hall–Kier alpha value is -2.59. The molecule has 228 valence electrons. The molecule has 0 bridgehead atoms. The second-order valence-electron chi connectivity index (χ2n) is 10.8. The number of ketones is 1. The zero-order chi connectivity index (χ0) is 30.5. The van der Waals surface area contributed by atoms with Crippen molar-refractivity contribution in [3.8, 4) is 0 Å². The number of anilines is 1. The van der Waals surface area contributed by atoms with E-state index >= 15 is 0 Å². The number of nitrogens with one attached hydrogen (secondary N) is 1. The van der Waals surface area contributed by atoms with Crippen molar-refractivity contribution in [3.05, 3.63) is 28.9 Å². The fraction of sp³-hybridized carbons (Fsp3) is 0.607. The Labute approximate surface area is 246 Å². The van der Waals surface area contributed by atoms with Crippen molar-refractivity contribution in [3.63, 3.8) is 0 Å². The molecule has 2 heterocycles. The molecule has 2 unspecified atom stereocenters. The first-order chi connectivity index (χ1) is 19.3. The van der Waals surface area contributed by atoms with Crippen molar-refractivity contribution in [2.45, 2.75) is 66.1 Å². The van der Waals surface area contributed by atoms with E-state index in [2.05, 4.69) is 5.32 Å². The third-order valence-corrected chi connectivity index (χ3v) is 9.29. The second kappa shape index (κ2) is 13.6. The Morgan fingerprint density at radius 1 is 1.10 bits per heavy atom. The van der Waals surface area contributed by atoms with Gasteiger partial charge in [-0.15, -0.1) is 0 Å². The van der Waals surface area contributed by atoms with E-state index in [0.29, 0.717) is 34.6 Å². The molecule has 13 heteroatoms. The Morgan fingerprint density at radius 2 is 1.76 bits per heavy atom. The van der Waals surface area contributed by atoms with Crippen molar-refractivity contribution in [2.24, 2.45) is 5.92 Å². The quantitative estimate of drug-likeness (QED) is 0.215. The monoisotopic (exact) mass is 613 g/mol. The number of likely N-dealkylation sites (tertiary alicyclic amines) is 1. The fourth-order valence-corrected chi connectivity index (χ4v) is 6.52. The standard InChI is InChI=1S/C28H41ClN3O8P/c1-8-37-27(35)32-22-12-11-20(29)15-21(22)23(30-16-18(4)41(36,38-9-2)39-10-3)24(32)25(33)19-13-14-31(17-19)26(34)40-28(5,6)7/h11-12,15,18-19,30H,8-10,13-14,16-17H2,1-7H3. The third kappa shape index (κ3) is 7.63. The number of ether oxygens (including phenoxy) is 2. The normalized spacial score (nSPS) is 16.6. The number of benzene rings is 1. The third-order valence-electron chi connectivity index (χ3n) is 6.56. The Morgan fingerprint density at radius 3 is 2.34 bits per heavy atom. The van der Waals surface area contributed by atoms with Crippen LogP contribution in [0.15, 0.2) is 18.2 Å². The number of Topliss-reactive ketones (excluding diaryl/α,β-unsaturated/α-hetero) is 1. The van der Waals surface area contributed by atoms with Crippen LogP contribution < -0.4 is 5.32 Å². The van der Waals surface area contributed by atoms with Gasteiger partial charge in [-0.2, -0.15) is 0 Å². The molecule has 1 fully saturated rings. The first kappa shape index (κ1) is 32.9. The maximum atomic E-state index is 14.2. The maximum Gasteiger partial charge on any atom is 0.419 e. The lowest BCUT2D eigenvalue weighted by Gasteiger charge is -2.24. The summed E-state index contributed by atoms with van der Waals surface area (Å²) in [6, 6.07) is 4.92. The summed E-state index contributed by atoms with van der Waals surface area (Å²) in [4.78, 5) is 41.6. The summed E-state index contributed by atoms with van der Waals surface area (Å²) in [5.41, 5.74) is -0.412. The van der Waals surface area contributed by atoms with E-state index < -0.39 is 37.0 Å². The van der Waals surface area contributed by atoms with E-state index in [4.69, 9.17) is 30.1 Å². The van der Waals surface area contributed by atoms with Crippen LogP contribution in [0.25, 0.3) is 10.9 Å². The fourth-order valence-electron chi connectivity index (χ4n) is 4.73. The van der Waals surface area contributed by atoms with E-state index in [1.165, 1.54) is 9.47 Å². The molecule has 0 saturated carbocycles. The van der Waals surface area contributed by atoms with Crippen LogP contribution in [0.5, 0.6) is 0 Å². The molecule has 1 aromatic heterocycles. The van der Waals surface area contributed by atoms with Gasteiger partial charge in [0.05, 0.1) is 36.7 Å². The molecule has 0 aliphatic carbocycles. The second-order valence-corrected chi connectivity index (χ2v) is 13.7. The summed E-state index contributed by atoms with van der Waals surface area (Å²) in [6.45, 7) is 13.3. The zero-order valence-corrected chi connectivity index (χ0v) is 26.5. The summed E-state index contributed by atoms with van der Waals surface area (Å²) in [5.74, 6) is -0.934. The number of hydrogen-bond donors (Lipinski definition) is 1. The molecule has 1 aliphatic heterocycles. The molecule has 2 atom stereocenters. The van der Waals surface area contributed by atoms with Crippen LogP contribution in [-0.4, -0.2) is 78.2 Å². The van der Waals surface area contributed by atoms with Crippen LogP contribution >= 0.6 is 19.2 Å². The number of amides is 1. The molecule has 0 spiro atoms. The smallest absolute Gasteiger partial charge is 0.419 e. The molecular formula is C28H41ClN3O8P. The molecule has 3 rings (SSSR count). The van der Waals surface area contributed by atoms with Crippen LogP contribution in [-0.2, 0) is 23.1 Å². The average Bonchev–Trinajstić information content (AvgIpc) is 3.50. The van der Waals surface area contributed by atoms with Crippen LogP contribution in [0.3, 0.4) is 0 Å². The highest BCUT2D eigenvalue weighted by Gasteiger charge is 2.39. The van der Waals surface area contributed by atoms with Gasteiger partial charge in [0, 0.05) is 36.0 Å². The van der Waals surface area contributed by atoms with E-state index in [-0.39, 0.29) is 44.4 Å². The minimum absolute atomic E-state index is 0.0756. The van der Waals surface area contributed by atoms with Gasteiger partial charge in [-0.05, 0) is 73.1 Å². The Kier molecular flexibility index (Phi) is 10.9. The summed E-state index contributed by atoms with van der Waals surface area (Å²) in [5, 5.41) is 4.17. The van der Waals surface area contributed by atoms with Gasteiger partial charge in [0.1, 0.15) is 11.3 Å². The highest BCUT2D eigenvalue weighted by molar-refractivity contribution is 7.54. The van der Waals surface area contributed by atoms with Crippen LogP contribution in [0.4, 0.5) is 15.3 Å². The van der Waals surface area contributed by atoms with Gasteiger partial charge in [-0.3, -0.25) is 9.36 Å². The van der Waals surface area contributed by atoms with E-state index in [0.717, 1.165) is 0 Å². The van der Waals surface area contributed by atoms with Crippen molar-refractivity contribution in [2.75, 3.05) is 44.8 Å². The molecule has 11 nitrogen and oxygen atoms in total. The molecular weight excluding hydrogens is 573 g/mol. The summed E-state index contributed by atoms with van der Waals surface area (Å²) >= 11 is 6.34. The highest BCUT2D eigenvalue weighted by atomic mass is 35.5. The van der Waals surface area contributed by atoms with Crippen molar-refractivity contribution >= 4 is 53.8 Å². The number of carbonyl (C=O) groups is 3. The minimum Gasteiger partial charge on any atom is -0.449 e. The van der Waals surface area contributed by atoms with Gasteiger partial charge in [-0.1, -0.05) is 11.6 Å². The average molecular weight is 614 g/mol. The van der Waals surface area contributed by atoms with Crippen molar-refractivity contribution in [1.82, 2.24) is 9.47 Å². The first-order valence-electron chi connectivity index (χ1n) is 13.9. The number of halogens is 1. The van der Waals surface area contributed by atoms with Gasteiger partial charge in [0.2, 0.25) is 0 Å². The summed E-state index contributed by atoms with van der Waals surface area (Å²) < 4.78 is 36.5. The van der Waals surface area contributed by atoms with Crippen LogP contribution in [0, 0.1) is 5.92 Å². The lowest BCUT2D eigenvalue weighted by atomic mass is 9.99. The van der Waals surface area contributed by atoms with Gasteiger partial charge < -0.3 is 28.7 Å². The molecule has 41 heavy (non-hydrogen) atoms. The Balaban J connectivity index is 2.06. The lowest BCUT2D eigenvalue weighted by molar-refractivity contribution is 0.0289. The molecule has 1 aromatic carbocycles. The van der Waals surface area contributed by atoms with Crippen molar-refractivity contribution < 1.29 is 37.5 Å². The Bertz CT molecular complexity index is 1310. The molecule has 1 saturated heterocycles. The number of hydrogen-bond acceptors (Lipinski definition) is 9. The van der Waals surface area contributed by atoms with Gasteiger partial charge >= 0.3 is 19.8 Å². The summed E-state index contributed by atoms with van der Waals surface area (Å²) in [6.07, 6.45) is -0.830. The highest BCUT2D eigenvalue weighted by Crippen LogP contribution is 2.53. The first-order valence-corrected chi connectivity index (χ1v) is 15.9. The van der Waals surface area contributed by atoms with Gasteiger partial charge in [0.15, 0.2) is 5.78 Å². The van der Waals surface area contributed by atoms with E-state index in [1.54, 1.807) is 66.7 Å². The number of rotatable bonds is 11. The SMILES string of the molecule is CCOC(=O)n1c(C(=O)C2CCN(C(=O)OC(C)(C)C)C2)c(NCC(C)P(=O)(OCC)OCC)c2cc(Cl)ccc21. The van der Waals surface area contributed by atoms with Crippen molar-refractivity contribution in [1.29, 1.82) is 0 Å². The molecule has 0 radical (unpaired) electrons. The number of carbonyl (C=O) groups excluding carboxylic acids is 3. The topological polar surface area (TPSA) is 125 Å². The van der Waals surface area contributed by atoms with E-state index in [1.807, 2.05) is 0 Å². The lowest BCUT2D eigenvalue weighted by Crippen LogP contribution is -2.36. The van der Waals surface area contributed by atoms with Gasteiger partial charge in [-0.25, -0.2) is 14.2 Å². The van der Waals surface area contributed by atoms with E-state index in [9.17, 15) is 18.9 Å². The summed E-state index contributed by atoms with van der Waals surface area (Å²) in [7, 11) is -3.47. The largest absolute Gasteiger partial charge is 0.449 e. The molecule has 1 aliphatic rings. The molecule has 1 amide bonds. The maximum absolute atomic E-state index is 14.2. The zero-order valence-electron chi connectivity index (χ0n) is 24.8. The van der Waals surface area contributed by atoms with Gasteiger partial charge in [0.25, 0.3) is 0 Å². The molecule has 1 N–H and O–H groups in total. The van der Waals surface area contributed by atoms with Crippen LogP contribution in [0.1, 0.15) is 65.4 Å².